The molecule has 0 aromatic heterocycles. The van der Waals surface area contributed by atoms with Gasteiger partial charge in [-0.3, -0.25) is 4.79 Å². The largest absolute Gasteiger partial charge is 0.497 e. The average molecular weight is 443 g/mol. The standard InChI is InChI=1S/C23H23FN2O4S/c1-17-3-13-22(14-4-17)31(28,29)26(15-18-5-7-19(24)8-6-18)16-23(27)25-20-9-11-21(30-2)12-10-20/h3-14H,15-16H2,1-2H3,(H,25,27). The van der Waals surface area contributed by atoms with Crippen LogP contribution in [0.5, 0.6) is 5.75 Å². The number of anilines is 1. The lowest BCUT2D eigenvalue weighted by molar-refractivity contribution is -0.116. The van der Waals surface area contributed by atoms with Crippen LogP contribution in [-0.2, 0) is 21.4 Å². The van der Waals surface area contributed by atoms with Gasteiger partial charge in [0.1, 0.15) is 11.6 Å². The Hall–Kier alpha value is -3.23. The fraction of sp³-hybridized carbons (Fsp3) is 0.174. The highest BCUT2D eigenvalue weighted by Gasteiger charge is 2.27. The number of sulfonamides is 1. The average Bonchev–Trinajstić information content (AvgIpc) is 2.75. The number of halogens is 1. The molecule has 0 saturated carbocycles. The molecule has 1 N–H and O–H groups in total. The fourth-order valence-electron chi connectivity index (χ4n) is 2.91. The third kappa shape index (κ3) is 5.90. The molecule has 6 nitrogen and oxygen atoms in total. The molecule has 0 saturated heterocycles. The van der Waals surface area contributed by atoms with E-state index in [9.17, 15) is 17.6 Å². The number of amides is 1. The number of ether oxygens (including phenoxy) is 1. The van der Waals surface area contributed by atoms with Crippen molar-refractivity contribution in [1.29, 1.82) is 0 Å². The number of methoxy groups -OCH3 is 1. The first-order chi connectivity index (χ1) is 14.8. The molecule has 0 fully saturated rings. The Labute approximate surface area is 181 Å². The van der Waals surface area contributed by atoms with E-state index < -0.39 is 28.3 Å². The predicted molar refractivity (Wildman–Crippen MR) is 117 cm³/mol. The highest BCUT2D eigenvalue weighted by atomic mass is 32.2. The molecule has 3 aromatic carbocycles. The molecule has 0 bridgehead atoms. The van der Waals surface area contributed by atoms with Crippen LogP contribution in [0.25, 0.3) is 0 Å². The minimum absolute atomic E-state index is 0.0769. The van der Waals surface area contributed by atoms with Gasteiger partial charge in [-0.25, -0.2) is 12.8 Å². The van der Waals surface area contributed by atoms with Gasteiger partial charge in [0, 0.05) is 12.2 Å². The minimum atomic E-state index is -3.97. The second-order valence-corrected chi connectivity index (χ2v) is 8.93. The van der Waals surface area contributed by atoms with Crippen molar-refractivity contribution in [2.45, 2.75) is 18.4 Å². The van der Waals surface area contributed by atoms with E-state index in [1.54, 1.807) is 36.4 Å². The van der Waals surface area contributed by atoms with E-state index in [-0.39, 0.29) is 11.4 Å². The van der Waals surface area contributed by atoms with Gasteiger partial charge in [-0.15, -0.1) is 0 Å². The number of hydrogen-bond donors (Lipinski definition) is 1. The summed E-state index contributed by atoms with van der Waals surface area (Å²) in [6.45, 7) is 1.38. The molecule has 0 unspecified atom stereocenters. The number of carbonyl (C=O) groups excluding carboxylic acids is 1. The number of benzene rings is 3. The summed E-state index contributed by atoms with van der Waals surface area (Å²) in [5.41, 5.74) is 2.00. The summed E-state index contributed by atoms with van der Waals surface area (Å²) in [4.78, 5) is 12.7. The van der Waals surface area contributed by atoms with Crippen molar-refractivity contribution in [1.82, 2.24) is 4.31 Å². The summed E-state index contributed by atoms with van der Waals surface area (Å²) in [6, 6.07) is 18.6. The lowest BCUT2D eigenvalue weighted by Crippen LogP contribution is -2.37. The van der Waals surface area contributed by atoms with E-state index in [0.29, 0.717) is 17.0 Å². The summed E-state index contributed by atoms with van der Waals surface area (Å²) in [7, 11) is -2.43. The Morgan fingerprint density at radius 1 is 0.968 bits per heavy atom. The Bertz CT molecular complexity index is 1130. The van der Waals surface area contributed by atoms with Gasteiger partial charge in [-0.05, 0) is 61.0 Å². The topological polar surface area (TPSA) is 75.7 Å². The number of rotatable bonds is 8. The van der Waals surface area contributed by atoms with Crippen LogP contribution in [-0.4, -0.2) is 32.3 Å². The summed E-state index contributed by atoms with van der Waals surface area (Å²) >= 11 is 0. The van der Waals surface area contributed by atoms with Gasteiger partial charge in [0.05, 0.1) is 18.6 Å². The van der Waals surface area contributed by atoms with Crippen molar-refractivity contribution in [3.63, 3.8) is 0 Å². The molecule has 8 heteroatoms. The zero-order chi connectivity index (χ0) is 22.4. The van der Waals surface area contributed by atoms with Crippen molar-refractivity contribution < 1.29 is 22.3 Å². The molecule has 0 aliphatic heterocycles. The molecule has 0 atom stereocenters. The third-order valence-corrected chi connectivity index (χ3v) is 6.43. The number of nitrogens with one attached hydrogen (secondary N) is 1. The number of carbonyl (C=O) groups is 1. The van der Waals surface area contributed by atoms with Crippen LogP contribution in [0.3, 0.4) is 0 Å². The highest BCUT2D eigenvalue weighted by Crippen LogP contribution is 2.20. The summed E-state index contributed by atoms with van der Waals surface area (Å²) in [6.07, 6.45) is 0. The van der Waals surface area contributed by atoms with Crippen LogP contribution >= 0.6 is 0 Å². The molecule has 31 heavy (non-hydrogen) atoms. The van der Waals surface area contributed by atoms with Crippen LogP contribution in [0.1, 0.15) is 11.1 Å². The van der Waals surface area contributed by atoms with E-state index in [1.165, 1.54) is 43.5 Å². The third-order valence-electron chi connectivity index (χ3n) is 4.62. The summed E-state index contributed by atoms with van der Waals surface area (Å²) in [5.74, 6) is -0.283. The number of aryl methyl sites for hydroxylation is 1. The SMILES string of the molecule is COc1ccc(NC(=O)CN(Cc2ccc(F)cc2)S(=O)(=O)c2ccc(C)cc2)cc1. The van der Waals surface area contributed by atoms with Crippen molar-refractivity contribution in [2.75, 3.05) is 19.0 Å². The number of hydrogen-bond acceptors (Lipinski definition) is 4. The molecule has 3 aromatic rings. The van der Waals surface area contributed by atoms with Crippen LogP contribution in [0.15, 0.2) is 77.7 Å². The second kappa shape index (κ2) is 9.72. The van der Waals surface area contributed by atoms with Gasteiger partial charge in [0.15, 0.2) is 0 Å². The zero-order valence-electron chi connectivity index (χ0n) is 17.2. The van der Waals surface area contributed by atoms with Crippen LogP contribution < -0.4 is 10.1 Å². The van der Waals surface area contributed by atoms with Crippen LogP contribution in [0, 0.1) is 12.7 Å². The van der Waals surface area contributed by atoms with Gasteiger partial charge in [0.2, 0.25) is 15.9 Å². The predicted octanol–water partition coefficient (Wildman–Crippen LogP) is 3.97. The Balaban J connectivity index is 1.84. The van der Waals surface area contributed by atoms with Crippen LogP contribution in [0.4, 0.5) is 10.1 Å². The number of nitrogens with zero attached hydrogens (tertiary/aromatic N) is 1. The first kappa shape index (κ1) is 22.5. The van der Waals surface area contributed by atoms with Gasteiger partial charge in [-0.2, -0.15) is 4.31 Å². The molecule has 0 spiro atoms. The lowest BCUT2D eigenvalue weighted by Gasteiger charge is -2.22. The van der Waals surface area contributed by atoms with Crippen molar-refractivity contribution >= 4 is 21.6 Å². The fourth-order valence-corrected chi connectivity index (χ4v) is 4.30. The molecule has 3 rings (SSSR count). The van der Waals surface area contributed by atoms with Gasteiger partial charge in [0.25, 0.3) is 0 Å². The summed E-state index contributed by atoms with van der Waals surface area (Å²) in [5, 5.41) is 2.69. The molecule has 0 aliphatic carbocycles. The smallest absolute Gasteiger partial charge is 0.243 e. The maximum absolute atomic E-state index is 13.3. The molecule has 0 heterocycles. The second-order valence-electron chi connectivity index (χ2n) is 6.99. The maximum atomic E-state index is 13.3. The van der Waals surface area contributed by atoms with E-state index in [0.717, 1.165) is 9.87 Å². The van der Waals surface area contributed by atoms with E-state index in [2.05, 4.69) is 5.32 Å². The van der Waals surface area contributed by atoms with Crippen molar-refractivity contribution in [2.24, 2.45) is 0 Å². The quantitative estimate of drug-likeness (QED) is 0.573. The Morgan fingerprint density at radius 2 is 1.58 bits per heavy atom. The lowest BCUT2D eigenvalue weighted by atomic mass is 10.2. The Morgan fingerprint density at radius 3 is 2.16 bits per heavy atom. The van der Waals surface area contributed by atoms with Crippen molar-refractivity contribution in [3.05, 3.63) is 89.7 Å². The first-order valence-electron chi connectivity index (χ1n) is 9.53. The van der Waals surface area contributed by atoms with Gasteiger partial charge >= 0.3 is 0 Å². The van der Waals surface area contributed by atoms with Gasteiger partial charge < -0.3 is 10.1 Å². The molecule has 0 radical (unpaired) electrons. The molecule has 1 amide bonds. The van der Waals surface area contributed by atoms with Crippen molar-refractivity contribution in [3.8, 4) is 5.75 Å². The molecule has 0 aliphatic rings. The zero-order valence-corrected chi connectivity index (χ0v) is 18.0. The minimum Gasteiger partial charge on any atom is -0.497 e. The Kier molecular flexibility index (Phi) is 7.04. The van der Waals surface area contributed by atoms with Crippen LogP contribution in [0.2, 0.25) is 0 Å². The monoisotopic (exact) mass is 442 g/mol. The van der Waals surface area contributed by atoms with E-state index in [4.69, 9.17) is 4.74 Å². The summed E-state index contributed by atoms with van der Waals surface area (Å²) < 4.78 is 45.9. The molecular weight excluding hydrogens is 419 g/mol. The first-order valence-corrected chi connectivity index (χ1v) is 11.0. The van der Waals surface area contributed by atoms with E-state index >= 15 is 0 Å². The van der Waals surface area contributed by atoms with E-state index in [1.807, 2.05) is 6.92 Å². The maximum Gasteiger partial charge on any atom is 0.243 e. The normalized spacial score (nSPS) is 11.4. The molecule has 162 valence electrons. The highest BCUT2D eigenvalue weighted by molar-refractivity contribution is 7.89. The van der Waals surface area contributed by atoms with Gasteiger partial charge in [-0.1, -0.05) is 29.8 Å². The molecular formula is C23H23FN2O4S.